The van der Waals surface area contributed by atoms with Crippen molar-refractivity contribution in [1.82, 2.24) is 20.4 Å². The molecule has 0 aromatic carbocycles. The fourth-order valence-corrected chi connectivity index (χ4v) is 4.03. The lowest BCUT2D eigenvalue weighted by molar-refractivity contribution is -0.141. The van der Waals surface area contributed by atoms with Gasteiger partial charge in [-0.05, 0) is 25.7 Å². The van der Waals surface area contributed by atoms with E-state index >= 15 is 0 Å². The molecule has 2 saturated heterocycles. The number of amides is 4. The van der Waals surface area contributed by atoms with E-state index in [0.717, 1.165) is 30.7 Å². The summed E-state index contributed by atoms with van der Waals surface area (Å²) < 4.78 is 0. The van der Waals surface area contributed by atoms with Crippen LogP contribution in [0.3, 0.4) is 0 Å². The molecule has 3 aliphatic rings. The highest BCUT2D eigenvalue weighted by Gasteiger charge is 2.55. The van der Waals surface area contributed by atoms with Crippen molar-refractivity contribution in [3.05, 3.63) is 0 Å². The van der Waals surface area contributed by atoms with Gasteiger partial charge in [0, 0.05) is 25.7 Å². The van der Waals surface area contributed by atoms with Crippen LogP contribution in [0.5, 0.6) is 0 Å². The molecule has 3 rings (SSSR count). The maximum atomic E-state index is 12.8. The van der Waals surface area contributed by atoms with Crippen molar-refractivity contribution in [1.29, 1.82) is 0 Å². The van der Waals surface area contributed by atoms with Gasteiger partial charge in [0.1, 0.15) is 12.1 Å². The van der Waals surface area contributed by atoms with Crippen LogP contribution in [-0.2, 0) is 9.59 Å². The molecule has 1 aliphatic carbocycles. The zero-order chi connectivity index (χ0) is 16.6. The summed E-state index contributed by atoms with van der Waals surface area (Å²) in [6.07, 6.45) is 3.63. The molecule has 0 bridgehead atoms. The molecular weight excluding hydrogens is 296 g/mol. The van der Waals surface area contributed by atoms with Gasteiger partial charge in [-0.15, -0.1) is 0 Å². The predicted molar refractivity (Wildman–Crippen MR) is 84.7 cm³/mol. The molecule has 0 aromatic rings. The molecule has 23 heavy (non-hydrogen) atoms. The molecule has 0 radical (unpaired) electrons. The number of carbonyl (C=O) groups excluding carboxylic acids is 3. The minimum Gasteiger partial charge on any atom is -0.338 e. The summed E-state index contributed by atoms with van der Waals surface area (Å²) in [6, 6.07) is -0.180. The van der Waals surface area contributed by atoms with Crippen LogP contribution in [0.4, 0.5) is 4.79 Å². The van der Waals surface area contributed by atoms with Crippen LogP contribution in [0, 0.1) is 5.92 Å². The normalized spacial score (nSPS) is 34.9. The van der Waals surface area contributed by atoms with E-state index in [1.54, 1.807) is 4.90 Å². The third-order valence-electron chi connectivity index (χ3n) is 5.52. The average Bonchev–Trinajstić information content (AvgIpc) is 2.75. The van der Waals surface area contributed by atoms with E-state index in [4.69, 9.17) is 0 Å². The van der Waals surface area contributed by atoms with Crippen molar-refractivity contribution < 1.29 is 14.4 Å². The Bertz CT molecular complexity index is 523. The second-order valence-electron chi connectivity index (χ2n) is 7.13. The summed E-state index contributed by atoms with van der Waals surface area (Å²) in [4.78, 5) is 40.5. The van der Waals surface area contributed by atoms with Crippen molar-refractivity contribution in [2.75, 3.05) is 26.2 Å². The van der Waals surface area contributed by atoms with Crippen LogP contribution < -0.4 is 10.6 Å². The third-order valence-corrected chi connectivity index (χ3v) is 5.52. The summed E-state index contributed by atoms with van der Waals surface area (Å²) in [5, 5.41) is 6.17. The van der Waals surface area contributed by atoms with E-state index in [1.165, 1.54) is 0 Å². The van der Waals surface area contributed by atoms with Gasteiger partial charge in [0.15, 0.2) is 0 Å². The summed E-state index contributed by atoms with van der Waals surface area (Å²) in [5.41, 5.74) is -0.785. The van der Waals surface area contributed by atoms with Crippen LogP contribution in [-0.4, -0.2) is 65.4 Å². The van der Waals surface area contributed by atoms with Crippen LogP contribution in [0.25, 0.3) is 0 Å². The van der Waals surface area contributed by atoms with Crippen molar-refractivity contribution in [2.24, 2.45) is 5.92 Å². The molecule has 7 heteroatoms. The van der Waals surface area contributed by atoms with Gasteiger partial charge in [0.05, 0.1) is 0 Å². The van der Waals surface area contributed by atoms with Crippen LogP contribution >= 0.6 is 0 Å². The Morgan fingerprint density at radius 2 is 2.09 bits per heavy atom. The first-order valence-electron chi connectivity index (χ1n) is 8.59. The fraction of sp³-hybridized carbons (Fsp3) is 0.812. The number of carbonyl (C=O) groups is 3. The van der Waals surface area contributed by atoms with E-state index in [1.807, 2.05) is 13.8 Å². The van der Waals surface area contributed by atoms with E-state index in [-0.39, 0.29) is 30.3 Å². The van der Waals surface area contributed by atoms with Gasteiger partial charge < -0.3 is 15.5 Å². The third kappa shape index (κ3) is 2.82. The number of rotatable bonds is 2. The molecule has 2 heterocycles. The predicted octanol–water partition coefficient (Wildman–Crippen LogP) is 0.307. The van der Waals surface area contributed by atoms with Crippen LogP contribution in [0.1, 0.15) is 39.5 Å². The van der Waals surface area contributed by atoms with Crippen LogP contribution in [0.15, 0.2) is 0 Å². The lowest BCUT2D eigenvalue weighted by atomic mass is 9.73. The van der Waals surface area contributed by atoms with Crippen LogP contribution in [0.2, 0.25) is 0 Å². The Labute approximate surface area is 136 Å². The molecule has 0 aromatic heterocycles. The largest absolute Gasteiger partial charge is 0.338 e. The van der Waals surface area contributed by atoms with Crippen molar-refractivity contribution in [2.45, 2.75) is 51.1 Å². The van der Waals surface area contributed by atoms with E-state index in [2.05, 4.69) is 10.6 Å². The zero-order valence-electron chi connectivity index (χ0n) is 13.9. The first kappa shape index (κ1) is 16.2. The molecule has 3 fully saturated rings. The van der Waals surface area contributed by atoms with E-state index in [9.17, 15) is 14.4 Å². The first-order valence-corrected chi connectivity index (χ1v) is 8.59. The monoisotopic (exact) mass is 322 g/mol. The second kappa shape index (κ2) is 6.11. The quantitative estimate of drug-likeness (QED) is 0.717. The van der Waals surface area contributed by atoms with Gasteiger partial charge in [0.25, 0.3) is 5.91 Å². The topological polar surface area (TPSA) is 81.8 Å². The highest BCUT2D eigenvalue weighted by Crippen LogP contribution is 2.38. The Morgan fingerprint density at radius 1 is 1.30 bits per heavy atom. The number of hydrogen-bond acceptors (Lipinski definition) is 4. The maximum Gasteiger partial charge on any atom is 0.325 e. The lowest BCUT2D eigenvalue weighted by Crippen LogP contribution is -2.55. The molecule has 3 unspecified atom stereocenters. The van der Waals surface area contributed by atoms with Gasteiger partial charge >= 0.3 is 6.03 Å². The first-order chi connectivity index (χ1) is 10.9. The summed E-state index contributed by atoms with van der Waals surface area (Å²) >= 11 is 0. The molecule has 7 nitrogen and oxygen atoms in total. The molecule has 1 spiro atoms. The van der Waals surface area contributed by atoms with Crippen molar-refractivity contribution in [3.63, 3.8) is 0 Å². The summed E-state index contributed by atoms with van der Waals surface area (Å²) in [6.45, 7) is 5.87. The Kier molecular flexibility index (Phi) is 4.31. The van der Waals surface area contributed by atoms with Crippen molar-refractivity contribution >= 4 is 17.8 Å². The molecule has 128 valence electrons. The highest BCUT2D eigenvalue weighted by molar-refractivity contribution is 6.09. The van der Waals surface area contributed by atoms with Crippen molar-refractivity contribution in [3.8, 4) is 0 Å². The zero-order valence-corrected chi connectivity index (χ0v) is 13.9. The minimum absolute atomic E-state index is 0.118. The van der Waals surface area contributed by atoms with Gasteiger partial charge in [-0.2, -0.15) is 0 Å². The number of urea groups is 1. The molecule has 4 amide bonds. The Balaban J connectivity index is 1.69. The Hall–Kier alpha value is -1.63. The maximum absolute atomic E-state index is 12.8. The summed E-state index contributed by atoms with van der Waals surface area (Å²) in [7, 11) is 0. The molecular formula is C16H26N4O3. The average molecular weight is 322 g/mol. The minimum atomic E-state index is -0.785. The molecule has 1 saturated carbocycles. The second-order valence-corrected chi connectivity index (χ2v) is 7.13. The Morgan fingerprint density at radius 3 is 2.78 bits per heavy atom. The van der Waals surface area contributed by atoms with Gasteiger partial charge in [0.2, 0.25) is 5.91 Å². The molecule has 2 aliphatic heterocycles. The number of nitrogens with zero attached hydrogens (tertiary/aromatic N) is 2. The fourth-order valence-electron chi connectivity index (χ4n) is 4.03. The standard InChI is InChI=1S/C16H26N4O3/c1-11-5-3-4-6-16(11)14(22)20(15(23)18-16)10-13(21)19-8-7-17-12(2)9-19/h11-12,17H,3-10H2,1-2H3,(H,18,23). The highest BCUT2D eigenvalue weighted by atomic mass is 16.2. The molecule has 3 atom stereocenters. The van der Waals surface area contributed by atoms with Gasteiger partial charge in [-0.3, -0.25) is 14.5 Å². The van der Waals surface area contributed by atoms with E-state index in [0.29, 0.717) is 19.5 Å². The lowest BCUT2D eigenvalue weighted by Gasteiger charge is -2.37. The number of imide groups is 1. The number of nitrogens with one attached hydrogen (secondary N) is 2. The molecule has 2 N–H and O–H groups in total. The summed E-state index contributed by atoms with van der Waals surface area (Å²) in [5.74, 6) is -0.249. The number of piperazine rings is 1. The smallest absolute Gasteiger partial charge is 0.325 e. The SMILES string of the molecule is CC1CN(C(=O)CN2C(=O)NC3(CCCCC3C)C2=O)CCN1. The van der Waals surface area contributed by atoms with Gasteiger partial charge in [-0.1, -0.05) is 19.8 Å². The van der Waals surface area contributed by atoms with Gasteiger partial charge in [-0.25, -0.2) is 4.79 Å². The number of hydrogen-bond donors (Lipinski definition) is 2. The van der Waals surface area contributed by atoms with E-state index < -0.39 is 11.6 Å².